The Morgan fingerprint density at radius 2 is 1.00 bits per heavy atom. The molecule has 1 N–H and O–H groups in total. The zero-order valence-electron chi connectivity index (χ0n) is 14.3. The van der Waals surface area contributed by atoms with Crippen molar-refractivity contribution in [1.82, 2.24) is 0 Å². The molecule has 0 aliphatic carbocycles. The number of rotatable bonds is 16. The summed E-state index contributed by atoms with van der Waals surface area (Å²) in [6.07, 6.45) is 20.6. The molecule has 1 heteroatoms. The molecule has 0 fully saturated rings. The Morgan fingerprint density at radius 1 is 0.550 bits per heavy atom. The van der Waals surface area contributed by atoms with E-state index in [1.807, 2.05) is 0 Å². The van der Waals surface area contributed by atoms with E-state index >= 15 is 0 Å². The lowest BCUT2D eigenvalue weighted by molar-refractivity contribution is 0.206. The van der Waals surface area contributed by atoms with Crippen LogP contribution in [0.15, 0.2) is 0 Å². The first-order valence-corrected chi connectivity index (χ1v) is 9.46. The molecule has 0 saturated heterocycles. The summed E-state index contributed by atoms with van der Waals surface area (Å²) in [7, 11) is 0. The van der Waals surface area contributed by atoms with Crippen LogP contribution in [-0.2, 0) is 0 Å². The molecule has 0 bridgehead atoms. The van der Waals surface area contributed by atoms with Crippen molar-refractivity contribution in [2.45, 2.75) is 110 Å². The summed E-state index contributed by atoms with van der Waals surface area (Å²) in [6.45, 7) is 4.89. The highest BCUT2D eigenvalue weighted by molar-refractivity contribution is 4.57. The van der Waals surface area contributed by atoms with Gasteiger partial charge in [-0.15, -0.1) is 0 Å². The van der Waals surface area contributed by atoms with Gasteiger partial charge in [-0.3, -0.25) is 0 Å². The summed E-state index contributed by atoms with van der Waals surface area (Å²) in [4.78, 5) is 0. The van der Waals surface area contributed by atoms with Crippen LogP contribution in [-0.4, -0.2) is 11.7 Å². The minimum Gasteiger partial charge on any atom is -0.396 e. The third-order valence-electron chi connectivity index (χ3n) is 4.42. The average molecular weight is 285 g/mol. The Balaban J connectivity index is 3.09. The van der Waals surface area contributed by atoms with Gasteiger partial charge in [0.25, 0.3) is 0 Å². The Hall–Kier alpha value is -0.0400. The molecule has 1 nitrogen and oxygen atoms in total. The number of hydrogen-bond acceptors (Lipinski definition) is 1. The number of unbranched alkanes of at least 4 members (excludes halogenated alkanes) is 11. The molecule has 0 amide bonds. The average Bonchev–Trinajstić information content (AvgIpc) is 2.47. The third kappa shape index (κ3) is 14.4. The van der Waals surface area contributed by atoms with E-state index in [-0.39, 0.29) is 0 Å². The highest BCUT2D eigenvalue weighted by atomic mass is 16.3. The van der Waals surface area contributed by atoms with Crippen molar-refractivity contribution >= 4 is 0 Å². The highest BCUT2D eigenvalue weighted by Crippen LogP contribution is 2.17. The zero-order chi connectivity index (χ0) is 14.9. The van der Waals surface area contributed by atoms with Gasteiger partial charge in [0.1, 0.15) is 0 Å². The van der Waals surface area contributed by atoms with E-state index in [1.165, 1.54) is 96.3 Å². The van der Waals surface area contributed by atoms with Gasteiger partial charge in [0.2, 0.25) is 0 Å². The van der Waals surface area contributed by atoms with Crippen LogP contribution in [0.4, 0.5) is 0 Å². The quantitative estimate of drug-likeness (QED) is 0.321. The number of aliphatic hydroxyl groups is 1. The van der Waals surface area contributed by atoms with Gasteiger partial charge >= 0.3 is 0 Å². The van der Waals surface area contributed by atoms with Gasteiger partial charge in [-0.05, 0) is 18.8 Å². The van der Waals surface area contributed by atoms with Crippen molar-refractivity contribution in [2.24, 2.45) is 5.92 Å². The second-order valence-corrected chi connectivity index (χ2v) is 6.52. The van der Waals surface area contributed by atoms with Crippen LogP contribution in [0, 0.1) is 5.92 Å². The smallest absolute Gasteiger partial charge is 0.0459 e. The first kappa shape index (κ1) is 20.0. The van der Waals surface area contributed by atoms with Crippen LogP contribution < -0.4 is 0 Å². The summed E-state index contributed by atoms with van der Waals surface area (Å²) < 4.78 is 0. The van der Waals surface area contributed by atoms with E-state index < -0.39 is 0 Å². The van der Waals surface area contributed by atoms with Crippen LogP contribution in [0.3, 0.4) is 0 Å². The van der Waals surface area contributed by atoms with Crippen LogP contribution >= 0.6 is 0 Å². The van der Waals surface area contributed by atoms with E-state index in [2.05, 4.69) is 13.8 Å². The van der Waals surface area contributed by atoms with Gasteiger partial charge < -0.3 is 5.11 Å². The monoisotopic (exact) mass is 284 g/mol. The number of aliphatic hydroxyl groups excluding tert-OH is 1. The molecule has 0 aromatic heterocycles. The minimum absolute atomic E-state index is 0.395. The van der Waals surface area contributed by atoms with Crippen LogP contribution in [0.2, 0.25) is 0 Å². The van der Waals surface area contributed by atoms with E-state index in [9.17, 15) is 5.11 Å². The van der Waals surface area contributed by atoms with Gasteiger partial charge in [-0.1, -0.05) is 97.3 Å². The van der Waals surface area contributed by atoms with Crippen molar-refractivity contribution in [1.29, 1.82) is 0 Å². The van der Waals surface area contributed by atoms with Crippen LogP contribution in [0.25, 0.3) is 0 Å². The molecule has 1 unspecified atom stereocenters. The summed E-state index contributed by atoms with van der Waals surface area (Å²) in [5, 5.41) is 9.23. The van der Waals surface area contributed by atoms with E-state index in [1.54, 1.807) is 0 Å². The van der Waals surface area contributed by atoms with E-state index in [0.29, 0.717) is 12.5 Å². The molecule has 0 radical (unpaired) electrons. The lowest BCUT2D eigenvalue weighted by Gasteiger charge is -2.12. The Bertz CT molecular complexity index is 167. The Morgan fingerprint density at radius 3 is 1.40 bits per heavy atom. The first-order chi connectivity index (χ1) is 9.85. The molecule has 0 aromatic carbocycles. The molecule has 0 aliphatic rings. The van der Waals surface area contributed by atoms with Gasteiger partial charge in [0.15, 0.2) is 0 Å². The molecule has 0 aromatic rings. The molecular formula is C19H40O. The predicted molar refractivity (Wildman–Crippen MR) is 91.2 cm³/mol. The molecule has 122 valence electrons. The second-order valence-electron chi connectivity index (χ2n) is 6.52. The summed E-state index contributed by atoms with van der Waals surface area (Å²) >= 11 is 0. The lowest BCUT2D eigenvalue weighted by Crippen LogP contribution is -2.05. The second kappa shape index (κ2) is 17.0. The van der Waals surface area contributed by atoms with Gasteiger partial charge in [0, 0.05) is 6.61 Å². The SMILES string of the molecule is CCCCCCCCCCCCCCC(CO)CCC. The summed E-state index contributed by atoms with van der Waals surface area (Å²) in [5.74, 6) is 0.572. The molecule has 0 heterocycles. The fourth-order valence-corrected chi connectivity index (χ4v) is 3.01. The van der Waals surface area contributed by atoms with Crippen molar-refractivity contribution in [2.75, 3.05) is 6.61 Å². The molecule has 20 heavy (non-hydrogen) atoms. The van der Waals surface area contributed by atoms with Crippen molar-refractivity contribution in [3.63, 3.8) is 0 Å². The van der Waals surface area contributed by atoms with E-state index in [4.69, 9.17) is 0 Å². The maximum Gasteiger partial charge on any atom is 0.0459 e. The molecule has 1 atom stereocenters. The largest absolute Gasteiger partial charge is 0.396 e. The summed E-state index contributed by atoms with van der Waals surface area (Å²) in [5.41, 5.74) is 0. The van der Waals surface area contributed by atoms with E-state index in [0.717, 1.165) is 0 Å². The maximum absolute atomic E-state index is 9.23. The molecule has 0 rings (SSSR count). The minimum atomic E-state index is 0.395. The summed E-state index contributed by atoms with van der Waals surface area (Å²) in [6, 6.07) is 0. The molecule has 0 saturated carbocycles. The molecule has 0 aliphatic heterocycles. The zero-order valence-corrected chi connectivity index (χ0v) is 14.3. The topological polar surface area (TPSA) is 20.2 Å². The fourth-order valence-electron chi connectivity index (χ4n) is 3.01. The Kier molecular flexibility index (Phi) is 17.0. The van der Waals surface area contributed by atoms with Crippen molar-refractivity contribution in [3.8, 4) is 0 Å². The molecular weight excluding hydrogens is 244 g/mol. The maximum atomic E-state index is 9.23. The number of hydrogen-bond donors (Lipinski definition) is 1. The molecule has 0 spiro atoms. The van der Waals surface area contributed by atoms with Gasteiger partial charge in [-0.25, -0.2) is 0 Å². The van der Waals surface area contributed by atoms with Gasteiger partial charge in [0.05, 0.1) is 0 Å². The third-order valence-corrected chi connectivity index (χ3v) is 4.42. The standard InChI is InChI=1S/C19H40O/c1-3-5-6-7-8-9-10-11-12-13-14-15-17-19(18-20)16-4-2/h19-20H,3-18H2,1-2H3. The highest BCUT2D eigenvalue weighted by Gasteiger charge is 2.05. The van der Waals surface area contributed by atoms with Crippen molar-refractivity contribution in [3.05, 3.63) is 0 Å². The lowest BCUT2D eigenvalue weighted by atomic mass is 9.96. The Labute approximate surface area is 128 Å². The van der Waals surface area contributed by atoms with Crippen molar-refractivity contribution < 1.29 is 5.11 Å². The normalized spacial score (nSPS) is 12.8. The predicted octanol–water partition coefficient (Wildman–Crippen LogP) is 6.49. The van der Waals surface area contributed by atoms with Gasteiger partial charge in [-0.2, -0.15) is 0 Å². The van der Waals surface area contributed by atoms with Crippen LogP contribution in [0.5, 0.6) is 0 Å². The first-order valence-electron chi connectivity index (χ1n) is 9.46. The fraction of sp³-hybridized carbons (Fsp3) is 1.00. The van der Waals surface area contributed by atoms with Crippen LogP contribution in [0.1, 0.15) is 110 Å².